The number of anilines is 3. The van der Waals surface area contributed by atoms with E-state index in [9.17, 15) is 32.7 Å². The molecule has 160 valence electrons. The minimum absolute atomic E-state index is 0.0474. The number of fused-ring (bicyclic) bond motifs is 1. The second kappa shape index (κ2) is 7.96. The van der Waals surface area contributed by atoms with Crippen molar-refractivity contribution in [1.29, 1.82) is 5.26 Å². The molecule has 1 unspecified atom stereocenters. The van der Waals surface area contributed by atoms with Gasteiger partial charge in [0.05, 0.1) is 23.9 Å². The monoisotopic (exact) mass is 433 g/mol. The number of aliphatic hydroxyl groups is 1. The van der Waals surface area contributed by atoms with Crippen LogP contribution in [0.1, 0.15) is 22.3 Å². The van der Waals surface area contributed by atoms with Crippen molar-refractivity contribution in [3.05, 3.63) is 53.6 Å². The number of urea groups is 1. The first-order chi connectivity index (χ1) is 14.5. The lowest BCUT2D eigenvalue weighted by molar-refractivity contribution is -0.144. The number of nitrogens with one attached hydrogen (secondary N) is 4. The van der Waals surface area contributed by atoms with Gasteiger partial charge in [0.2, 0.25) is 0 Å². The van der Waals surface area contributed by atoms with Gasteiger partial charge in [-0.25, -0.2) is 10.1 Å². The molecule has 31 heavy (non-hydrogen) atoms. The highest BCUT2D eigenvalue weighted by atomic mass is 19.4. The van der Waals surface area contributed by atoms with Crippen LogP contribution in [0.25, 0.3) is 0 Å². The largest absolute Gasteiger partial charge is 0.485 e. The molecule has 0 radical (unpaired) electrons. The van der Waals surface area contributed by atoms with Gasteiger partial charge in [-0.1, -0.05) is 18.2 Å². The van der Waals surface area contributed by atoms with E-state index >= 15 is 0 Å². The summed E-state index contributed by atoms with van der Waals surface area (Å²) in [4.78, 5) is 36.4. The van der Waals surface area contributed by atoms with Crippen LogP contribution in [0.3, 0.4) is 0 Å². The number of rotatable bonds is 4. The highest BCUT2D eigenvalue weighted by molar-refractivity contribution is 6.13. The molecule has 2 aromatic carbocycles. The van der Waals surface area contributed by atoms with Crippen molar-refractivity contribution in [2.75, 3.05) is 16.0 Å². The van der Waals surface area contributed by atoms with Gasteiger partial charge in [0, 0.05) is 16.8 Å². The van der Waals surface area contributed by atoms with Gasteiger partial charge >= 0.3 is 12.3 Å². The maximum absolute atomic E-state index is 12.5. The van der Waals surface area contributed by atoms with Gasteiger partial charge in [-0.05, 0) is 24.3 Å². The number of nitrogens with zero attached hydrogens (tertiary/aromatic N) is 1. The van der Waals surface area contributed by atoms with E-state index in [0.717, 1.165) is 17.4 Å². The second-order valence-electron chi connectivity index (χ2n) is 6.49. The van der Waals surface area contributed by atoms with Gasteiger partial charge < -0.3 is 21.1 Å². The predicted molar refractivity (Wildman–Crippen MR) is 102 cm³/mol. The molecule has 5 N–H and O–H groups in total. The maximum atomic E-state index is 12.5. The lowest BCUT2D eigenvalue weighted by Gasteiger charge is -2.19. The summed E-state index contributed by atoms with van der Waals surface area (Å²) >= 11 is 0. The molecule has 1 aliphatic rings. The Morgan fingerprint density at radius 2 is 1.84 bits per heavy atom. The van der Waals surface area contributed by atoms with Crippen LogP contribution in [0.5, 0.6) is 0 Å². The lowest BCUT2D eigenvalue weighted by Crippen LogP contribution is -2.40. The Labute approximate surface area is 172 Å². The molecule has 0 aromatic heterocycles. The highest BCUT2D eigenvalue weighted by Crippen LogP contribution is 2.44. The number of halogens is 3. The summed E-state index contributed by atoms with van der Waals surface area (Å²) in [7, 11) is 0. The Balaban J connectivity index is 2.02. The van der Waals surface area contributed by atoms with Crippen LogP contribution < -0.4 is 21.3 Å². The summed E-state index contributed by atoms with van der Waals surface area (Å²) < 4.78 is 37.1. The van der Waals surface area contributed by atoms with Crippen molar-refractivity contribution in [3.8, 4) is 6.07 Å². The summed E-state index contributed by atoms with van der Waals surface area (Å²) in [5.41, 5.74) is -2.69. The first-order valence-corrected chi connectivity index (χ1v) is 8.65. The van der Waals surface area contributed by atoms with E-state index in [1.165, 1.54) is 12.1 Å². The number of nitriles is 1. The molecular weight excluding hydrogens is 419 g/mol. The number of alkyl halides is 3. The van der Waals surface area contributed by atoms with E-state index in [0.29, 0.717) is 0 Å². The molecule has 2 aromatic rings. The van der Waals surface area contributed by atoms with Crippen molar-refractivity contribution in [3.63, 3.8) is 0 Å². The number of benzene rings is 2. The van der Waals surface area contributed by atoms with Crippen LogP contribution in [0.2, 0.25) is 0 Å². The Bertz CT molecular complexity index is 1100. The zero-order valence-electron chi connectivity index (χ0n) is 15.5. The fourth-order valence-electron chi connectivity index (χ4n) is 2.98. The lowest BCUT2D eigenvalue weighted by atomic mass is 9.91. The molecule has 1 aliphatic heterocycles. The van der Waals surface area contributed by atoms with E-state index in [2.05, 4.69) is 10.6 Å². The van der Waals surface area contributed by atoms with Crippen LogP contribution in [-0.2, 0) is 10.4 Å². The van der Waals surface area contributed by atoms with Crippen molar-refractivity contribution in [2.24, 2.45) is 0 Å². The van der Waals surface area contributed by atoms with Crippen LogP contribution in [0, 0.1) is 11.3 Å². The van der Waals surface area contributed by atoms with Crippen molar-refractivity contribution >= 4 is 34.9 Å². The molecule has 0 fully saturated rings. The quantitative estimate of drug-likeness (QED) is 0.471. The average Bonchev–Trinajstić information content (AvgIpc) is 2.92. The summed E-state index contributed by atoms with van der Waals surface area (Å²) in [6, 6.07) is 10.1. The predicted octanol–water partition coefficient (Wildman–Crippen LogP) is 2.63. The Hall–Kier alpha value is -4.11. The molecule has 3 rings (SSSR count). The van der Waals surface area contributed by atoms with E-state index in [1.54, 1.807) is 24.3 Å². The van der Waals surface area contributed by atoms with Gasteiger partial charge in [-0.15, -0.1) is 0 Å². The van der Waals surface area contributed by atoms with Crippen molar-refractivity contribution in [1.82, 2.24) is 5.32 Å². The number of carbonyl (C=O) groups is 3. The van der Waals surface area contributed by atoms with E-state index < -0.39 is 36.2 Å². The standard InChI is InChI=1S/C19H14F3N5O4/c20-19(21,22)27-17(30)24-11-8-12-14(26-16(29)18(12,31)6-7-23)13(9-11)25-15(28)10-4-2-1-3-5-10/h1-5,8-9,31H,6H2,(H,25,28)(H,26,29)(H2,24,27,30). The van der Waals surface area contributed by atoms with Gasteiger partial charge in [0.1, 0.15) is 0 Å². The minimum atomic E-state index is -5.00. The zero-order valence-corrected chi connectivity index (χ0v) is 15.5. The Morgan fingerprint density at radius 3 is 2.45 bits per heavy atom. The third-order valence-corrected chi connectivity index (χ3v) is 4.33. The van der Waals surface area contributed by atoms with Gasteiger partial charge in [0.15, 0.2) is 5.60 Å². The maximum Gasteiger partial charge on any atom is 0.485 e. The summed E-state index contributed by atoms with van der Waals surface area (Å²) in [6.45, 7) is 0. The van der Waals surface area contributed by atoms with Gasteiger partial charge in [0.25, 0.3) is 11.8 Å². The number of amides is 4. The fraction of sp³-hybridized carbons (Fsp3) is 0.158. The van der Waals surface area contributed by atoms with Crippen molar-refractivity contribution < 1.29 is 32.7 Å². The van der Waals surface area contributed by atoms with Gasteiger partial charge in [-0.3, -0.25) is 9.59 Å². The summed E-state index contributed by atoms with van der Waals surface area (Å²) in [6.07, 6.45) is -5.67. The van der Waals surface area contributed by atoms with E-state index in [-0.39, 0.29) is 28.2 Å². The highest BCUT2D eigenvalue weighted by Gasteiger charge is 2.46. The Kier molecular flexibility index (Phi) is 5.54. The Morgan fingerprint density at radius 1 is 1.16 bits per heavy atom. The van der Waals surface area contributed by atoms with Gasteiger partial charge in [-0.2, -0.15) is 18.4 Å². The smallest absolute Gasteiger partial charge is 0.374 e. The molecule has 0 saturated heterocycles. The molecule has 0 bridgehead atoms. The third kappa shape index (κ3) is 4.57. The summed E-state index contributed by atoms with van der Waals surface area (Å²) in [5.74, 6) is -1.58. The summed E-state index contributed by atoms with van der Waals surface area (Å²) in [5, 5.41) is 27.1. The minimum Gasteiger partial charge on any atom is -0.374 e. The van der Waals surface area contributed by atoms with E-state index in [4.69, 9.17) is 5.26 Å². The van der Waals surface area contributed by atoms with Crippen molar-refractivity contribution in [2.45, 2.75) is 18.3 Å². The number of carbonyl (C=O) groups excluding carboxylic acids is 3. The molecule has 1 heterocycles. The van der Waals surface area contributed by atoms with Crippen LogP contribution in [0.15, 0.2) is 42.5 Å². The van der Waals surface area contributed by atoms with Crippen LogP contribution in [0.4, 0.5) is 35.0 Å². The molecule has 0 aliphatic carbocycles. The molecular formula is C19H14F3N5O4. The molecule has 9 nitrogen and oxygen atoms in total. The molecule has 1 atom stereocenters. The third-order valence-electron chi connectivity index (χ3n) is 4.33. The number of hydrogen-bond acceptors (Lipinski definition) is 5. The van der Waals surface area contributed by atoms with Crippen LogP contribution >= 0.6 is 0 Å². The zero-order chi connectivity index (χ0) is 22.8. The second-order valence-corrected chi connectivity index (χ2v) is 6.49. The average molecular weight is 433 g/mol. The first kappa shape index (κ1) is 21.6. The normalized spacial score (nSPS) is 17.2. The van der Waals surface area contributed by atoms with Crippen LogP contribution in [-0.4, -0.2) is 29.3 Å². The number of hydrogen-bond donors (Lipinski definition) is 5. The van der Waals surface area contributed by atoms with E-state index in [1.807, 2.05) is 5.32 Å². The topological polar surface area (TPSA) is 143 Å². The molecule has 0 saturated carbocycles. The molecule has 4 amide bonds. The SMILES string of the molecule is N#CCC1(O)C(=O)Nc2c(NC(=O)c3ccccc3)cc(NC(=O)NC(F)(F)F)cc21. The fourth-order valence-corrected chi connectivity index (χ4v) is 2.98. The molecule has 0 spiro atoms. The molecule has 12 heteroatoms. The first-order valence-electron chi connectivity index (χ1n) is 8.65.